The molecule has 0 radical (unpaired) electrons. The van der Waals surface area contributed by atoms with Crippen LogP contribution in [0.4, 0.5) is 0 Å². The van der Waals surface area contributed by atoms with Crippen LogP contribution >= 0.6 is 11.3 Å². The predicted octanol–water partition coefficient (Wildman–Crippen LogP) is 11.1. The SMILES string of the molecule is N#Cc1ccc(-n2c3ccccc3c3cc(-c4ccc(-c5ccc6c(c5)c5ccccc5n6-c5ccccc5)s4)ccc32)cc1. The summed E-state index contributed by atoms with van der Waals surface area (Å²) in [7, 11) is 0. The van der Waals surface area contributed by atoms with Crippen molar-refractivity contribution in [3.05, 3.63) is 157 Å². The highest BCUT2D eigenvalue weighted by Gasteiger charge is 2.16. The Morgan fingerprint density at radius 2 is 0.889 bits per heavy atom. The van der Waals surface area contributed by atoms with E-state index in [1.807, 2.05) is 35.6 Å². The first-order valence-corrected chi connectivity index (χ1v) is 15.8. The van der Waals surface area contributed by atoms with Crippen molar-refractivity contribution in [1.82, 2.24) is 9.13 Å². The Kier molecular flexibility index (Phi) is 5.74. The zero-order valence-electron chi connectivity index (χ0n) is 24.2. The highest BCUT2D eigenvalue weighted by atomic mass is 32.1. The largest absolute Gasteiger partial charge is 0.309 e. The quantitative estimate of drug-likeness (QED) is 0.200. The summed E-state index contributed by atoms with van der Waals surface area (Å²) in [5.41, 5.74) is 10.1. The number of nitriles is 1. The maximum absolute atomic E-state index is 9.29. The second-order valence-corrected chi connectivity index (χ2v) is 12.4. The molecule has 210 valence electrons. The molecule has 9 aromatic rings. The molecule has 45 heavy (non-hydrogen) atoms. The average Bonchev–Trinajstić information content (AvgIpc) is 3.81. The Bertz CT molecular complexity index is 2590. The van der Waals surface area contributed by atoms with Crippen molar-refractivity contribution in [1.29, 1.82) is 5.26 Å². The van der Waals surface area contributed by atoms with Crippen molar-refractivity contribution >= 4 is 54.9 Å². The molecule has 0 N–H and O–H groups in total. The van der Waals surface area contributed by atoms with Gasteiger partial charge in [0.1, 0.15) is 0 Å². The van der Waals surface area contributed by atoms with Crippen molar-refractivity contribution < 1.29 is 0 Å². The molecule has 0 bridgehead atoms. The molecule has 0 unspecified atom stereocenters. The van der Waals surface area contributed by atoms with E-state index in [4.69, 9.17) is 0 Å². The van der Waals surface area contributed by atoms with Crippen LogP contribution < -0.4 is 0 Å². The summed E-state index contributed by atoms with van der Waals surface area (Å²) < 4.78 is 4.65. The number of hydrogen-bond donors (Lipinski definition) is 0. The molecule has 0 aliphatic carbocycles. The minimum absolute atomic E-state index is 0.663. The smallest absolute Gasteiger partial charge is 0.0991 e. The fraction of sp³-hybridized carbons (Fsp3) is 0. The second-order valence-electron chi connectivity index (χ2n) is 11.3. The summed E-state index contributed by atoms with van der Waals surface area (Å²) in [5.74, 6) is 0. The lowest BCUT2D eigenvalue weighted by molar-refractivity contribution is 1.18. The van der Waals surface area contributed by atoms with Gasteiger partial charge < -0.3 is 9.13 Å². The minimum Gasteiger partial charge on any atom is -0.309 e. The van der Waals surface area contributed by atoms with Crippen molar-refractivity contribution in [2.24, 2.45) is 0 Å². The van der Waals surface area contributed by atoms with E-state index in [1.54, 1.807) is 0 Å². The molecule has 0 atom stereocenters. The molecule has 9 rings (SSSR count). The van der Waals surface area contributed by atoms with E-state index in [2.05, 4.69) is 143 Å². The van der Waals surface area contributed by atoms with E-state index in [9.17, 15) is 5.26 Å². The van der Waals surface area contributed by atoms with E-state index in [0.717, 1.165) is 16.7 Å². The minimum atomic E-state index is 0.663. The number of para-hydroxylation sites is 3. The molecule has 3 heterocycles. The van der Waals surface area contributed by atoms with E-state index in [-0.39, 0.29) is 0 Å². The highest BCUT2D eigenvalue weighted by molar-refractivity contribution is 7.18. The van der Waals surface area contributed by atoms with Gasteiger partial charge in [0.2, 0.25) is 0 Å². The molecule has 0 saturated heterocycles. The first-order chi connectivity index (χ1) is 22.3. The van der Waals surface area contributed by atoms with Crippen LogP contribution in [-0.2, 0) is 0 Å². The van der Waals surface area contributed by atoms with Crippen LogP contribution in [0.5, 0.6) is 0 Å². The average molecular weight is 592 g/mol. The van der Waals surface area contributed by atoms with Gasteiger partial charge in [-0.1, -0.05) is 66.7 Å². The Balaban J connectivity index is 1.15. The Hall–Kier alpha value is -5.89. The highest BCUT2D eigenvalue weighted by Crippen LogP contribution is 2.41. The second kappa shape index (κ2) is 10.1. The van der Waals surface area contributed by atoms with Crippen molar-refractivity contribution in [2.75, 3.05) is 0 Å². The van der Waals surface area contributed by atoms with E-state index in [1.165, 1.54) is 59.1 Å². The summed E-state index contributed by atoms with van der Waals surface area (Å²) in [6, 6.07) is 56.0. The van der Waals surface area contributed by atoms with Crippen LogP contribution in [0.25, 0.3) is 75.9 Å². The molecule has 0 spiro atoms. The molecular weight excluding hydrogens is 567 g/mol. The van der Waals surface area contributed by atoms with Crippen LogP contribution in [0.15, 0.2) is 152 Å². The molecule has 6 aromatic carbocycles. The van der Waals surface area contributed by atoms with E-state index < -0.39 is 0 Å². The first-order valence-electron chi connectivity index (χ1n) is 15.0. The summed E-state index contributed by atoms with van der Waals surface area (Å²) in [5, 5.41) is 14.3. The zero-order valence-corrected chi connectivity index (χ0v) is 25.0. The van der Waals surface area contributed by atoms with Crippen LogP contribution in [0.2, 0.25) is 0 Å². The Morgan fingerprint density at radius 3 is 1.42 bits per heavy atom. The number of rotatable bonds is 4. The maximum atomic E-state index is 9.29. The standard InChI is InChI=1S/C41H25N3S/c42-26-27-14-18-31(19-15-27)44-37-13-7-5-11-33(37)35-25-29(17-21-39(35)44)41-23-22-40(45-41)28-16-20-38-34(24-28)32-10-4-6-12-36(32)43(38)30-8-2-1-3-9-30/h1-25H. The first kappa shape index (κ1) is 25.6. The summed E-state index contributed by atoms with van der Waals surface area (Å²) in [6.45, 7) is 0. The molecule has 0 fully saturated rings. The van der Waals surface area contributed by atoms with Crippen LogP contribution in [0.3, 0.4) is 0 Å². The Labute approximate surface area is 264 Å². The zero-order chi connectivity index (χ0) is 29.9. The Morgan fingerprint density at radius 1 is 0.422 bits per heavy atom. The third kappa shape index (κ3) is 4.03. The monoisotopic (exact) mass is 591 g/mol. The number of nitrogens with zero attached hydrogens (tertiary/aromatic N) is 3. The van der Waals surface area contributed by atoms with Crippen molar-refractivity contribution in [3.63, 3.8) is 0 Å². The number of fused-ring (bicyclic) bond motifs is 6. The molecule has 0 amide bonds. The summed E-state index contributed by atoms with van der Waals surface area (Å²) >= 11 is 1.83. The van der Waals surface area contributed by atoms with Crippen molar-refractivity contribution in [3.8, 4) is 38.3 Å². The van der Waals surface area contributed by atoms with Gasteiger partial charge in [0.25, 0.3) is 0 Å². The molecule has 4 heteroatoms. The van der Waals surface area contributed by atoms with Gasteiger partial charge in [0.15, 0.2) is 0 Å². The fourth-order valence-corrected chi connectivity index (χ4v) is 7.72. The third-order valence-electron chi connectivity index (χ3n) is 8.79. The summed E-state index contributed by atoms with van der Waals surface area (Å²) in [6.07, 6.45) is 0. The van der Waals surface area contributed by atoms with Gasteiger partial charge >= 0.3 is 0 Å². The van der Waals surface area contributed by atoms with Gasteiger partial charge in [-0.25, -0.2) is 0 Å². The lowest BCUT2D eigenvalue weighted by Crippen LogP contribution is -1.93. The van der Waals surface area contributed by atoms with E-state index >= 15 is 0 Å². The third-order valence-corrected chi connectivity index (χ3v) is 9.97. The van der Waals surface area contributed by atoms with Gasteiger partial charge in [-0.3, -0.25) is 0 Å². The lowest BCUT2D eigenvalue weighted by atomic mass is 10.1. The van der Waals surface area contributed by atoms with Gasteiger partial charge in [0.05, 0.1) is 33.7 Å². The fourth-order valence-electron chi connectivity index (χ4n) is 6.72. The molecule has 3 nitrogen and oxygen atoms in total. The lowest BCUT2D eigenvalue weighted by Gasteiger charge is -2.08. The van der Waals surface area contributed by atoms with Crippen molar-refractivity contribution in [2.45, 2.75) is 0 Å². The van der Waals surface area contributed by atoms with Gasteiger partial charge in [0, 0.05) is 42.7 Å². The van der Waals surface area contributed by atoms with Gasteiger partial charge in [-0.05, 0) is 96.1 Å². The number of hydrogen-bond acceptors (Lipinski definition) is 2. The predicted molar refractivity (Wildman–Crippen MR) is 189 cm³/mol. The van der Waals surface area contributed by atoms with Crippen LogP contribution in [-0.4, -0.2) is 9.13 Å². The topological polar surface area (TPSA) is 33.6 Å². The van der Waals surface area contributed by atoms with Gasteiger partial charge in [-0.15, -0.1) is 11.3 Å². The molecular formula is C41H25N3S. The van der Waals surface area contributed by atoms with Crippen LogP contribution in [0, 0.1) is 11.3 Å². The molecule has 0 saturated carbocycles. The number of aromatic nitrogens is 2. The van der Waals surface area contributed by atoms with Gasteiger partial charge in [-0.2, -0.15) is 5.26 Å². The molecule has 3 aromatic heterocycles. The normalized spacial score (nSPS) is 11.5. The van der Waals surface area contributed by atoms with Crippen LogP contribution in [0.1, 0.15) is 5.56 Å². The summed E-state index contributed by atoms with van der Waals surface area (Å²) in [4.78, 5) is 2.50. The molecule has 0 aliphatic heterocycles. The number of benzene rings is 6. The van der Waals surface area contributed by atoms with E-state index in [0.29, 0.717) is 5.56 Å². The maximum Gasteiger partial charge on any atom is 0.0991 e. The number of thiophene rings is 1. The molecule has 0 aliphatic rings.